The number of nitrogens with two attached hydrogens (primary N) is 1. The molecule has 1 aromatic carbocycles. The maximum Gasteiger partial charge on any atom is 0.307 e. The minimum Gasteiger partial charge on any atom is -0.481 e. The van der Waals surface area contributed by atoms with E-state index in [1.54, 1.807) is 4.90 Å². The summed E-state index contributed by atoms with van der Waals surface area (Å²) >= 11 is 0. The van der Waals surface area contributed by atoms with Gasteiger partial charge in [0.15, 0.2) is 0 Å². The Labute approximate surface area is 159 Å². The van der Waals surface area contributed by atoms with Gasteiger partial charge in [0.1, 0.15) is 6.04 Å². The molecule has 1 fully saturated rings. The SMILES string of the molecule is NC(=O)C1Cc2ccccc2CN1C(=O)CCCC/C=C\[C@@H]1C[C@@H]1C(=O)O. The van der Waals surface area contributed by atoms with Crippen LogP contribution in [0.25, 0.3) is 0 Å². The van der Waals surface area contributed by atoms with E-state index < -0.39 is 17.9 Å². The molecule has 6 heteroatoms. The number of hydrogen-bond acceptors (Lipinski definition) is 3. The molecule has 0 spiro atoms. The summed E-state index contributed by atoms with van der Waals surface area (Å²) in [6.45, 7) is 0.431. The van der Waals surface area contributed by atoms with Gasteiger partial charge in [-0.1, -0.05) is 36.4 Å². The number of benzene rings is 1. The number of carboxylic acids is 1. The molecular formula is C21H26N2O4. The van der Waals surface area contributed by atoms with E-state index in [2.05, 4.69) is 0 Å². The zero-order valence-corrected chi connectivity index (χ0v) is 15.3. The molecule has 6 nitrogen and oxygen atoms in total. The summed E-state index contributed by atoms with van der Waals surface area (Å²) in [5, 5.41) is 8.86. The van der Waals surface area contributed by atoms with E-state index in [0.29, 0.717) is 19.4 Å². The van der Waals surface area contributed by atoms with Crippen LogP contribution in [0.3, 0.4) is 0 Å². The third kappa shape index (κ3) is 4.76. The van der Waals surface area contributed by atoms with Gasteiger partial charge >= 0.3 is 5.97 Å². The fourth-order valence-electron chi connectivity index (χ4n) is 3.70. The first-order chi connectivity index (χ1) is 13.0. The Hall–Kier alpha value is -2.63. The molecule has 0 bridgehead atoms. The van der Waals surface area contributed by atoms with E-state index in [9.17, 15) is 14.4 Å². The van der Waals surface area contributed by atoms with Gasteiger partial charge in [0.05, 0.1) is 5.92 Å². The van der Waals surface area contributed by atoms with Crippen LogP contribution in [0.1, 0.15) is 43.2 Å². The van der Waals surface area contributed by atoms with Crippen LogP contribution in [0, 0.1) is 11.8 Å². The zero-order valence-electron chi connectivity index (χ0n) is 15.3. The first-order valence-corrected chi connectivity index (χ1v) is 9.52. The minimum atomic E-state index is -0.720. The maximum absolute atomic E-state index is 12.6. The number of rotatable bonds is 8. The van der Waals surface area contributed by atoms with Crippen LogP contribution in [0.4, 0.5) is 0 Å². The van der Waals surface area contributed by atoms with Crippen molar-refractivity contribution in [2.45, 2.75) is 51.1 Å². The number of carbonyl (C=O) groups is 3. The topological polar surface area (TPSA) is 101 Å². The van der Waals surface area contributed by atoms with Crippen molar-refractivity contribution >= 4 is 17.8 Å². The number of carbonyl (C=O) groups excluding carboxylic acids is 2. The molecule has 2 amide bonds. The number of nitrogens with zero attached hydrogens (tertiary/aromatic N) is 1. The van der Waals surface area contributed by atoms with Gasteiger partial charge in [0.2, 0.25) is 11.8 Å². The number of amides is 2. The molecule has 1 heterocycles. The number of hydrogen-bond donors (Lipinski definition) is 2. The molecule has 1 aliphatic heterocycles. The van der Waals surface area contributed by atoms with E-state index in [0.717, 1.165) is 36.8 Å². The van der Waals surface area contributed by atoms with Crippen LogP contribution in [-0.2, 0) is 27.3 Å². The van der Waals surface area contributed by atoms with Crippen LogP contribution in [0.2, 0.25) is 0 Å². The third-order valence-electron chi connectivity index (χ3n) is 5.45. The Morgan fingerprint density at radius 3 is 2.59 bits per heavy atom. The molecule has 1 saturated carbocycles. The quantitative estimate of drug-likeness (QED) is 0.541. The van der Waals surface area contributed by atoms with Crippen molar-refractivity contribution in [2.24, 2.45) is 17.6 Å². The molecule has 3 rings (SSSR count). The number of carboxylic acid groups (broad SMARTS) is 1. The average molecular weight is 370 g/mol. The number of aliphatic carboxylic acids is 1. The Balaban J connectivity index is 1.45. The fourth-order valence-corrected chi connectivity index (χ4v) is 3.70. The van der Waals surface area contributed by atoms with Crippen LogP contribution >= 0.6 is 0 Å². The minimum absolute atomic E-state index is 0.0367. The van der Waals surface area contributed by atoms with Crippen molar-refractivity contribution in [3.8, 4) is 0 Å². The number of primary amides is 1. The first-order valence-electron chi connectivity index (χ1n) is 9.52. The normalized spacial score (nSPS) is 23.9. The van der Waals surface area contributed by atoms with E-state index in [1.165, 1.54) is 0 Å². The maximum atomic E-state index is 12.6. The van der Waals surface area contributed by atoms with E-state index >= 15 is 0 Å². The van der Waals surface area contributed by atoms with Crippen LogP contribution in [0.15, 0.2) is 36.4 Å². The summed E-state index contributed by atoms with van der Waals surface area (Å²) in [7, 11) is 0. The van der Waals surface area contributed by atoms with Gasteiger partial charge in [-0.2, -0.15) is 0 Å². The molecule has 2 aliphatic rings. The zero-order chi connectivity index (χ0) is 19.4. The molecule has 3 N–H and O–H groups in total. The lowest BCUT2D eigenvalue weighted by Crippen LogP contribution is -2.51. The van der Waals surface area contributed by atoms with Gasteiger partial charge < -0.3 is 15.7 Å². The van der Waals surface area contributed by atoms with Crippen LogP contribution in [-0.4, -0.2) is 33.8 Å². The van der Waals surface area contributed by atoms with Gasteiger partial charge in [0, 0.05) is 19.4 Å². The molecule has 1 aliphatic carbocycles. The lowest BCUT2D eigenvalue weighted by molar-refractivity contribution is -0.140. The van der Waals surface area contributed by atoms with Gasteiger partial charge in [-0.05, 0) is 42.7 Å². The molecule has 3 atom stereocenters. The highest BCUT2D eigenvalue weighted by Crippen LogP contribution is 2.39. The van der Waals surface area contributed by atoms with Crippen molar-refractivity contribution in [3.63, 3.8) is 0 Å². The first kappa shape index (κ1) is 19.1. The Kier molecular flexibility index (Phi) is 5.94. The highest BCUT2D eigenvalue weighted by atomic mass is 16.4. The number of allylic oxidation sites excluding steroid dienone is 2. The summed E-state index contributed by atoms with van der Waals surface area (Å²) in [6.07, 6.45) is 8.02. The summed E-state index contributed by atoms with van der Waals surface area (Å²) in [5.74, 6) is -1.25. The highest BCUT2D eigenvalue weighted by Gasteiger charge is 2.40. The Morgan fingerprint density at radius 2 is 1.93 bits per heavy atom. The number of fused-ring (bicyclic) bond motifs is 1. The molecular weight excluding hydrogens is 344 g/mol. The largest absolute Gasteiger partial charge is 0.481 e. The third-order valence-corrected chi connectivity index (χ3v) is 5.45. The van der Waals surface area contributed by atoms with Crippen molar-refractivity contribution in [2.75, 3.05) is 0 Å². The summed E-state index contributed by atoms with van der Waals surface area (Å²) in [5.41, 5.74) is 7.68. The molecule has 144 valence electrons. The predicted octanol–water partition coefficient (Wildman–Crippen LogP) is 2.26. The van der Waals surface area contributed by atoms with Crippen molar-refractivity contribution < 1.29 is 19.5 Å². The second-order valence-corrected chi connectivity index (χ2v) is 7.43. The average Bonchev–Trinajstić information content (AvgIpc) is 3.43. The molecule has 0 aromatic heterocycles. The molecule has 0 saturated heterocycles. The summed E-state index contributed by atoms with van der Waals surface area (Å²) in [6, 6.07) is 7.26. The smallest absolute Gasteiger partial charge is 0.307 e. The van der Waals surface area contributed by atoms with Crippen molar-refractivity contribution in [1.29, 1.82) is 0 Å². The van der Waals surface area contributed by atoms with Crippen molar-refractivity contribution in [3.05, 3.63) is 47.5 Å². The second-order valence-electron chi connectivity index (χ2n) is 7.43. The Bertz CT molecular complexity index is 758. The van der Waals surface area contributed by atoms with Gasteiger partial charge in [-0.25, -0.2) is 0 Å². The Morgan fingerprint density at radius 1 is 1.19 bits per heavy atom. The molecule has 1 unspecified atom stereocenters. The van der Waals surface area contributed by atoms with Gasteiger partial charge in [-0.15, -0.1) is 0 Å². The van der Waals surface area contributed by atoms with E-state index in [-0.39, 0.29) is 17.7 Å². The van der Waals surface area contributed by atoms with Crippen molar-refractivity contribution in [1.82, 2.24) is 4.90 Å². The standard InChI is InChI=1S/C21H26N2O4/c22-20(25)18-12-14-7-5-6-9-16(14)13-23(18)19(24)10-4-2-1-3-8-15-11-17(15)21(26)27/h3,5-9,15,17-18H,1-2,4,10-13H2,(H2,22,25)(H,26,27)/b8-3-/t15-,17+,18?/m1/s1. The lowest BCUT2D eigenvalue weighted by Gasteiger charge is -2.35. The fraction of sp³-hybridized carbons (Fsp3) is 0.476. The van der Waals surface area contributed by atoms with Crippen LogP contribution < -0.4 is 5.73 Å². The summed E-state index contributed by atoms with van der Waals surface area (Å²) < 4.78 is 0. The number of unbranched alkanes of at least 4 members (excludes halogenated alkanes) is 2. The molecule has 1 aromatic rings. The van der Waals surface area contributed by atoms with E-state index in [4.69, 9.17) is 10.8 Å². The molecule has 27 heavy (non-hydrogen) atoms. The predicted molar refractivity (Wildman–Crippen MR) is 101 cm³/mol. The van der Waals surface area contributed by atoms with Gasteiger partial charge in [-0.3, -0.25) is 14.4 Å². The highest BCUT2D eigenvalue weighted by molar-refractivity contribution is 5.87. The lowest BCUT2D eigenvalue weighted by atomic mass is 9.93. The van der Waals surface area contributed by atoms with Gasteiger partial charge in [0.25, 0.3) is 0 Å². The second kappa shape index (κ2) is 8.37. The van der Waals surface area contributed by atoms with Crippen LogP contribution in [0.5, 0.6) is 0 Å². The summed E-state index contributed by atoms with van der Waals surface area (Å²) in [4.78, 5) is 36.8. The van der Waals surface area contributed by atoms with E-state index in [1.807, 2.05) is 36.4 Å². The molecule has 0 radical (unpaired) electrons. The monoisotopic (exact) mass is 370 g/mol.